The Morgan fingerprint density at radius 1 is 0.347 bits per heavy atom. The van der Waals surface area contributed by atoms with Crippen molar-refractivity contribution in [3.63, 3.8) is 0 Å². The molecule has 0 unspecified atom stereocenters. The molecule has 75 heavy (non-hydrogen) atoms. The van der Waals surface area contributed by atoms with Crippen molar-refractivity contribution >= 4 is 0 Å². The molecule has 0 radical (unpaired) electrons. The van der Waals surface area contributed by atoms with Crippen LogP contribution in [-0.4, -0.2) is 85.6 Å². The predicted octanol–water partition coefficient (Wildman–Crippen LogP) is 10.8. The Balaban J connectivity index is 1.12. The first-order valence-electron chi connectivity index (χ1n) is 25.9. The standard InChI is InChI=1S/C64H68O11/c1-2-38-67-61-59(71-43-51-32-18-7-19-33-51)58(70-42-50-30-16-6-17-31-50)60(72-44-52-34-20-8-21-35-52)62(73-45-53-36-22-9-23-37-53)63(61)75-64-55(65)57(69-41-49-28-14-5-15-29-49)56(68-40-48-26-12-4-13-27-48)54(74-64)46-66-39-47-24-10-3-11-25-47/h2-37,54-65H,1,38-46H2/t54-,55+,56-,57-,58-,59-,60+,61+,62-,63+,64-/m1/s1. The normalized spacial score (nSPS) is 24.6. The van der Waals surface area contributed by atoms with Crippen molar-refractivity contribution in [2.45, 2.75) is 114 Å². The molecule has 2 aliphatic rings. The zero-order chi connectivity index (χ0) is 51.3. The van der Waals surface area contributed by atoms with E-state index < -0.39 is 67.3 Å². The van der Waals surface area contributed by atoms with E-state index >= 15 is 0 Å². The molecule has 0 amide bonds. The van der Waals surface area contributed by atoms with Crippen molar-refractivity contribution in [1.29, 1.82) is 0 Å². The minimum atomic E-state index is -1.39. The summed E-state index contributed by atoms with van der Waals surface area (Å²) in [7, 11) is 0. The highest BCUT2D eigenvalue weighted by Crippen LogP contribution is 2.39. The average molecular weight is 1010 g/mol. The van der Waals surface area contributed by atoms with Gasteiger partial charge in [-0.05, 0) is 38.9 Å². The highest BCUT2D eigenvalue weighted by Gasteiger charge is 2.58. The van der Waals surface area contributed by atoms with Gasteiger partial charge in [0.1, 0.15) is 61.0 Å². The Kier molecular flexibility index (Phi) is 20.5. The molecule has 11 nitrogen and oxygen atoms in total. The van der Waals surface area contributed by atoms with Gasteiger partial charge in [0.15, 0.2) is 6.29 Å². The summed E-state index contributed by atoms with van der Waals surface area (Å²) >= 11 is 0. The fraction of sp³-hybridized carbons (Fsp3) is 0.312. The lowest BCUT2D eigenvalue weighted by Gasteiger charge is -2.52. The molecule has 11 atom stereocenters. The molecule has 7 aromatic carbocycles. The molecule has 390 valence electrons. The summed E-state index contributed by atoms with van der Waals surface area (Å²) in [6, 6.07) is 69.6. The van der Waals surface area contributed by atoms with Crippen molar-refractivity contribution in [3.05, 3.63) is 264 Å². The third-order valence-corrected chi connectivity index (χ3v) is 13.4. The van der Waals surface area contributed by atoms with Crippen LogP contribution >= 0.6 is 0 Å². The molecule has 1 heterocycles. The van der Waals surface area contributed by atoms with E-state index in [0.717, 1.165) is 38.9 Å². The number of aliphatic hydroxyl groups excluding tert-OH is 1. The second-order valence-corrected chi connectivity index (χ2v) is 18.8. The van der Waals surface area contributed by atoms with Crippen molar-refractivity contribution in [1.82, 2.24) is 0 Å². The van der Waals surface area contributed by atoms with Gasteiger partial charge >= 0.3 is 0 Å². The molecular weight excluding hydrogens is 945 g/mol. The highest BCUT2D eigenvalue weighted by molar-refractivity contribution is 5.20. The van der Waals surface area contributed by atoms with E-state index in [2.05, 4.69) is 6.58 Å². The minimum absolute atomic E-state index is 0.0855. The first kappa shape index (κ1) is 53.7. The summed E-state index contributed by atoms with van der Waals surface area (Å²) in [4.78, 5) is 0. The van der Waals surface area contributed by atoms with E-state index in [0.29, 0.717) is 6.61 Å². The van der Waals surface area contributed by atoms with E-state index in [1.165, 1.54) is 0 Å². The van der Waals surface area contributed by atoms with Crippen LogP contribution in [0.2, 0.25) is 0 Å². The molecule has 7 aromatic rings. The van der Waals surface area contributed by atoms with Gasteiger partial charge in [-0.2, -0.15) is 0 Å². The van der Waals surface area contributed by atoms with Gasteiger partial charge in [0.05, 0.1) is 59.5 Å². The highest BCUT2D eigenvalue weighted by atomic mass is 16.7. The second kappa shape index (κ2) is 28.7. The lowest BCUT2D eigenvalue weighted by molar-refractivity contribution is -0.359. The number of ether oxygens (including phenoxy) is 10. The Morgan fingerprint density at radius 2 is 0.627 bits per heavy atom. The maximum atomic E-state index is 12.9. The van der Waals surface area contributed by atoms with Gasteiger partial charge in [0, 0.05) is 0 Å². The molecule has 0 bridgehead atoms. The largest absolute Gasteiger partial charge is 0.385 e. The Labute approximate surface area is 441 Å². The number of hydrogen-bond acceptors (Lipinski definition) is 11. The fourth-order valence-corrected chi connectivity index (χ4v) is 9.56. The molecule has 1 saturated carbocycles. The van der Waals surface area contributed by atoms with Gasteiger partial charge in [0.2, 0.25) is 0 Å². The van der Waals surface area contributed by atoms with Gasteiger partial charge in [-0.3, -0.25) is 0 Å². The third-order valence-electron chi connectivity index (χ3n) is 13.4. The average Bonchev–Trinajstić information content (AvgIpc) is 3.47. The third kappa shape index (κ3) is 15.5. The van der Waals surface area contributed by atoms with Gasteiger partial charge < -0.3 is 52.5 Å². The van der Waals surface area contributed by atoms with Crippen molar-refractivity contribution in [2.75, 3.05) is 13.2 Å². The van der Waals surface area contributed by atoms with Crippen LogP contribution < -0.4 is 0 Å². The Hall–Kier alpha value is -6.16. The molecule has 1 aliphatic carbocycles. The summed E-state index contributed by atoms with van der Waals surface area (Å²) in [5.41, 5.74) is 6.67. The van der Waals surface area contributed by atoms with Crippen LogP contribution in [0.15, 0.2) is 225 Å². The van der Waals surface area contributed by atoms with Crippen LogP contribution in [0, 0.1) is 0 Å². The molecule has 1 saturated heterocycles. The Bertz CT molecular complexity index is 2650. The molecule has 1 N–H and O–H groups in total. The van der Waals surface area contributed by atoms with Crippen molar-refractivity contribution in [3.8, 4) is 0 Å². The van der Waals surface area contributed by atoms with Crippen LogP contribution in [0.1, 0.15) is 38.9 Å². The smallest absolute Gasteiger partial charge is 0.187 e. The molecule has 11 heteroatoms. The summed E-state index contributed by atoms with van der Waals surface area (Å²) < 4.78 is 69.6. The molecule has 0 spiro atoms. The second-order valence-electron chi connectivity index (χ2n) is 18.8. The molecule has 0 aromatic heterocycles. The van der Waals surface area contributed by atoms with Gasteiger partial charge in [-0.15, -0.1) is 6.58 Å². The molecule has 2 fully saturated rings. The number of aliphatic hydroxyl groups is 1. The maximum absolute atomic E-state index is 12.9. The van der Waals surface area contributed by atoms with Crippen LogP contribution in [0.25, 0.3) is 0 Å². The molecular formula is C64H68O11. The lowest BCUT2D eigenvalue weighted by Crippen LogP contribution is -2.69. The molecule has 9 rings (SSSR count). The first-order valence-corrected chi connectivity index (χ1v) is 25.9. The summed E-state index contributed by atoms with van der Waals surface area (Å²) in [6.45, 7) is 5.86. The van der Waals surface area contributed by atoms with Gasteiger partial charge in [-0.25, -0.2) is 0 Å². The van der Waals surface area contributed by atoms with E-state index in [9.17, 15) is 5.11 Å². The topological polar surface area (TPSA) is 113 Å². The van der Waals surface area contributed by atoms with E-state index in [1.807, 2.05) is 212 Å². The quantitative estimate of drug-likeness (QED) is 0.0497. The zero-order valence-corrected chi connectivity index (χ0v) is 42.2. The maximum Gasteiger partial charge on any atom is 0.187 e. The van der Waals surface area contributed by atoms with Gasteiger partial charge in [-0.1, -0.05) is 218 Å². The number of benzene rings is 7. The number of rotatable bonds is 27. The lowest BCUT2D eigenvalue weighted by atomic mass is 9.83. The fourth-order valence-electron chi connectivity index (χ4n) is 9.56. The van der Waals surface area contributed by atoms with Crippen LogP contribution in [0.5, 0.6) is 0 Å². The van der Waals surface area contributed by atoms with E-state index in [1.54, 1.807) is 6.08 Å². The monoisotopic (exact) mass is 1010 g/mol. The van der Waals surface area contributed by atoms with Gasteiger partial charge in [0.25, 0.3) is 0 Å². The van der Waals surface area contributed by atoms with E-state index in [4.69, 9.17) is 47.4 Å². The predicted molar refractivity (Wildman–Crippen MR) is 286 cm³/mol. The Morgan fingerprint density at radius 3 is 0.960 bits per heavy atom. The van der Waals surface area contributed by atoms with Crippen molar-refractivity contribution < 1.29 is 52.5 Å². The summed E-state index contributed by atoms with van der Waals surface area (Å²) in [5, 5.41) is 12.9. The van der Waals surface area contributed by atoms with Crippen molar-refractivity contribution in [2.24, 2.45) is 0 Å². The molecule has 1 aliphatic heterocycles. The first-order chi connectivity index (χ1) is 37.1. The summed E-state index contributed by atoms with van der Waals surface area (Å²) in [6.07, 6.45) is -8.84. The minimum Gasteiger partial charge on any atom is -0.385 e. The number of hydrogen-bond donors (Lipinski definition) is 1. The zero-order valence-electron chi connectivity index (χ0n) is 42.2. The van der Waals surface area contributed by atoms with Crippen LogP contribution in [0.3, 0.4) is 0 Å². The van der Waals surface area contributed by atoms with Crippen LogP contribution in [0.4, 0.5) is 0 Å². The summed E-state index contributed by atoms with van der Waals surface area (Å²) in [5.74, 6) is 0. The SMILES string of the molecule is C=CCO[C@H]1[C@H](OCc2ccccc2)[C@@H](OCc2ccccc2)[C@H](OCc2ccccc2)[C@@H](OCc2ccccc2)[C@H]1O[C@H]1O[C@H](COCc2ccccc2)[C@@H](OCc2ccccc2)[C@H](OCc2ccccc2)[C@@H]1O. The van der Waals surface area contributed by atoms with E-state index in [-0.39, 0.29) is 52.9 Å². The van der Waals surface area contributed by atoms with Crippen LogP contribution in [-0.2, 0) is 93.6 Å².